The van der Waals surface area contributed by atoms with Crippen molar-refractivity contribution in [3.8, 4) is 0 Å². The molecule has 4 rings (SSSR count). The largest absolute Gasteiger partial charge is 0.347 e. The molecule has 3 aromatic rings. The summed E-state index contributed by atoms with van der Waals surface area (Å²) in [5, 5.41) is 4.72. The zero-order valence-corrected chi connectivity index (χ0v) is 19.0. The van der Waals surface area contributed by atoms with Gasteiger partial charge >= 0.3 is 0 Å². The summed E-state index contributed by atoms with van der Waals surface area (Å²) in [7, 11) is 0. The molecule has 0 radical (unpaired) electrons. The Hall–Kier alpha value is -2.33. The van der Waals surface area contributed by atoms with Gasteiger partial charge in [-0.1, -0.05) is 89.9 Å². The van der Waals surface area contributed by atoms with Crippen molar-refractivity contribution in [2.75, 3.05) is 13.1 Å². The first-order chi connectivity index (χ1) is 15.0. The van der Waals surface area contributed by atoms with E-state index in [1.807, 2.05) is 54.6 Å². The maximum Gasteiger partial charge on any atom is 0.217 e. The fraction of sp³-hybridized carbons (Fsp3) is 0.269. The third kappa shape index (κ3) is 4.64. The molecule has 1 N–H and O–H groups in total. The van der Waals surface area contributed by atoms with Gasteiger partial charge in [0.15, 0.2) is 0 Å². The van der Waals surface area contributed by atoms with E-state index in [4.69, 9.17) is 23.2 Å². The fourth-order valence-corrected chi connectivity index (χ4v) is 5.18. The normalized spacial score (nSPS) is 16.3. The number of carbonyl (C=O) groups is 1. The lowest BCUT2D eigenvalue weighted by Gasteiger charge is -2.45. The third-order valence-corrected chi connectivity index (χ3v) is 6.85. The molecule has 0 spiro atoms. The summed E-state index contributed by atoms with van der Waals surface area (Å²) in [6, 6.07) is 26.1. The third-order valence-electron chi connectivity index (χ3n) is 6.16. The number of hydrogen-bond acceptors (Lipinski definition) is 2. The van der Waals surface area contributed by atoms with E-state index >= 15 is 0 Å². The molecule has 1 amide bonds. The predicted molar refractivity (Wildman–Crippen MR) is 127 cm³/mol. The second kappa shape index (κ2) is 9.44. The van der Waals surface area contributed by atoms with Gasteiger partial charge in [0.25, 0.3) is 0 Å². The van der Waals surface area contributed by atoms with Gasteiger partial charge in [-0.25, -0.2) is 0 Å². The molecule has 1 aliphatic rings. The van der Waals surface area contributed by atoms with Crippen LogP contribution in [0, 0.1) is 0 Å². The second-order valence-corrected chi connectivity index (χ2v) is 8.93. The summed E-state index contributed by atoms with van der Waals surface area (Å²) in [5.74, 6) is -0.00828. The van der Waals surface area contributed by atoms with Crippen LogP contribution < -0.4 is 5.32 Å². The van der Waals surface area contributed by atoms with Crippen molar-refractivity contribution in [2.24, 2.45) is 0 Å². The van der Waals surface area contributed by atoms with E-state index in [2.05, 4.69) is 34.5 Å². The smallest absolute Gasteiger partial charge is 0.217 e. The number of nitrogens with one attached hydrogen (secondary N) is 1. The second-order valence-electron chi connectivity index (χ2n) is 8.11. The number of nitrogens with zero attached hydrogens (tertiary/aromatic N) is 1. The van der Waals surface area contributed by atoms with Crippen LogP contribution in [0.15, 0.2) is 78.9 Å². The van der Waals surface area contributed by atoms with Crippen LogP contribution in [0.3, 0.4) is 0 Å². The number of carbonyl (C=O) groups excluding carboxylic acids is 1. The van der Waals surface area contributed by atoms with Crippen LogP contribution in [-0.2, 0) is 10.3 Å². The summed E-state index contributed by atoms with van der Waals surface area (Å²) in [5.41, 5.74) is 2.87. The van der Waals surface area contributed by atoms with E-state index in [0.29, 0.717) is 0 Å². The summed E-state index contributed by atoms with van der Waals surface area (Å²) in [4.78, 5) is 14.5. The molecule has 0 aliphatic carbocycles. The summed E-state index contributed by atoms with van der Waals surface area (Å²) >= 11 is 13.3. The molecule has 1 fully saturated rings. The average molecular weight is 453 g/mol. The van der Waals surface area contributed by atoms with Crippen LogP contribution in [0.4, 0.5) is 0 Å². The Morgan fingerprint density at radius 1 is 0.839 bits per heavy atom. The highest BCUT2D eigenvalue weighted by atomic mass is 35.5. The van der Waals surface area contributed by atoms with E-state index in [1.165, 1.54) is 0 Å². The molecule has 0 unspecified atom stereocenters. The quantitative estimate of drug-likeness (QED) is 0.498. The summed E-state index contributed by atoms with van der Waals surface area (Å²) in [6.45, 7) is 3.19. The Labute approximate surface area is 194 Å². The van der Waals surface area contributed by atoms with Gasteiger partial charge in [0.1, 0.15) is 0 Å². The van der Waals surface area contributed by atoms with Gasteiger partial charge in [-0.2, -0.15) is 0 Å². The van der Waals surface area contributed by atoms with Crippen LogP contribution in [0.25, 0.3) is 0 Å². The highest BCUT2D eigenvalue weighted by Gasteiger charge is 2.39. The van der Waals surface area contributed by atoms with E-state index < -0.39 is 0 Å². The van der Waals surface area contributed by atoms with Crippen LogP contribution in [0.2, 0.25) is 10.0 Å². The highest BCUT2D eigenvalue weighted by molar-refractivity contribution is 6.32. The molecule has 5 heteroatoms. The van der Waals surface area contributed by atoms with Crippen molar-refractivity contribution >= 4 is 29.1 Å². The molecule has 0 saturated carbocycles. The van der Waals surface area contributed by atoms with Crippen molar-refractivity contribution in [1.29, 1.82) is 0 Å². The number of piperidine rings is 1. The van der Waals surface area contributed by atoms with Gasteiger partial charge < -0.3 is 5.32 Å². The summed E-state index contributed by atoms with van der Waals surface area (Å²) in [6.07, 6.45) is 1.62. The van der Waals surface area contributed by atoms with E-state index in [0.717, 1.165) is 52.7 Å². The number of likely N-dealkylation sites (tertiary alicyclic amines) is 1. The minimum absolute atomic E-state index is 0.00828. The minimum atomic E-state index is -0.366. The molecule has 0 aromatic heterocycles. The number of rotatable bonds is 5. The lowest BCUT2D eigenvalue weighted by atomic mass is 9.79. The molecule has 0 bridgehead atoms. The van der Waals surface area contributed by atoms with Crippen LogP contribution in [-0.4, -0.2) is 23.9 Å². The maximum atomic E-state index is 12.1. The number of halogens is 2. The molecule has 31 heavy (non-hydrogen) atoms. The maximum absolute atomic E-state index is 12.1. The van der Waals surface area contributed by atoms with Gasteiger partial charge in [0, 0.05) is 30.1 Å². The Morgan fingerprint density at radius 2 is 1.32 bits per heavy atom. The molecule has 0 atom stereocenters. The highest BCUT2D eigenvalue weighted by Crippen LogP contribution is 2.41. The first kappa shape index (κ1) is 21.9. The topological polar surface area (TPSA) is 32.3 Å². The van der Waals surface area contributed by atoms with Crippen LogP contribution in [0.1, 0.15) is 42.5 Å². The van der Waals surface area contributed by atoms with Gasteiger partial charge in [-0.3, -0.25) is 9.69 Å². The number of benzene rings is 3. The molecule has 160 valence electrons. The number of hydrogen-bond donors (Lipinski definition) is 1. The van der Waals surface area contributed by atoms with Gasteiger partial charge in [-0.15, -0.1) is 0 Å². The van der Waals surface area contributed by atoms with Gasteiger partial charge in [-0.05, 0) is 41.7 Å². The van der Waals surface area contributed by atoms with Gasteiger partial charge in [0.05, 0.1) is 11.6 Å². The van der Waals surface area contributed by atoms with E-state index in [1.54, 1.807) is 6.92 Å². The Morgan fingerprint density at radius 3 is 1.81 bits per heavy atom. The van der Waals surface area contributed by atoms with Crippen molar-refractivity contribution in [3.63, 3.8) is 0 Å². The minimum Gasteiger partial charge on any atom is -0.347 e. The Balaban J connectivity index is 1.69. The van der Waals surface area contributed by atoms with Crippen LogP contribution >= 0.6 is 23.2 Å². The monoisotopic (exact) mass is 452 g/mol. The van der Waals surface area contributed by atoms with Crippen molar-refractivity contribution in [3.05, 3.63) is 106 Å². The van der Waals surface area contributed by atoms with Gasteiger partial charge in [0.2, 0.25) is 5.91 Å². The lowest BCUT2D eigenvalue weighted by molar-refractivity contribution is -0.121. The molecular weight excluding hydrogens is 427 g/mol. The fourth-order valence-electron chi connectivity index (χ4n) is 4.70. The standard InChI is InChI=1S/C26H26Cl2N2O/c1-19(31)29-26(20-9-3-2-4-10-20)15-17-30(18-16-26)25(21-11-5-7-13-23(21)27)22-12-6-8-14-24(22)28/h2-14,25H,15-18H2,1H3,(H,29,31). The first-order valence-corrected chi connectivity index (χ1v) is 11.3. The van der Waals surface area contributed by atoms with E-state index in [-0.39, 0.29) is 17.5 Å². The molecule has 3 nitrogen and oxygen atoms in total. The Kier molecular flexibility index (Phi) is 6.66. The molecule has 1 heterocycles. The SMILES string of the molecule is CC(=O)NC1(c2ccccc2)CCN(C(c2ccccc2Cl)c2ccccc2Cl)CC1. The first-order valence-electron chi connectivity index (χ1n) is 10.6. The average Bonchev–Trinajstić information content (AvgIpc) is 2.78. The van der Waals surface area contributed by atoms with Crippen molar-refractivity contribution < 1.29 is 4.79 Å². The van der Waals surface area contributed by atoms with Crippen molar-refractivity contribution in [2.45, 2.75) is 31.3 Å². The number of amides is 1. The molecule has 1 saturated heterocycles. The van der Waals surface area contributed by atoms with E-state index in [9.17, 15) is 4.79 Å². The zero-order chi connectivity index (χ0) is 21.8. The van der Waals surface area contributed by atoms with Crippen LogP contribution in [0.5, 0.6) is 0 Å². The van der Waals surface area contributed by atoms with Crippen molar-refractivity contribution in [1.82, 2.24) is 10.2 Å². The predicted octanol–water partition coefficient (Wildman–Crippen LogP) is 6.21. The Bertz CT molecular complexity index is 1000. The zero-order valence-electron chi connectivity index (χ0n) is 17.5. The lowest BCUT2D eigenvalue weighted by Crippen LogP contribution is -2.53. The molecular formula is C26H26Cl2N2O. The molecule has 3 aromatic carbocycles. The summed E-state index contributed by atoms with van der Waals surface area (Å²) < 4.78 is 0. The molecule has 1 aliphatic heterocycles.